The molecule has 1 rings (SSSR count). The molecule has 2 atom stereocenters. The molecule has 0 aliphatic heterocycles. The van der Waals surface area contributed by atoms with Gasteiger partial charge in [0.1, 0.15) is 6.04 Å². The zero-order valence-corrected chi connectivity index (χ0v) is 9.30. The number of aliphatic hydroxyl groups excluding tert-OH is 1. The third-order valence-corrected chi connectivity index (χ3v) is 2.28. The number of rotatable bonds is 4. The van der Waals surface area contributed by atoms with E-state index in [0.717, 1.165) is 0 Å². The molecule has 5 nitrogen and oxygen atoms in total. The summed E-state index contributed by atoms with van der Waals surface area (Å²) in [7, 11) is 0. The van der Waals surface area contributed by atoms with Gasteiger partial charge in [0.2, 0.25) is 0 Å². The van der Waals surface area contributed by atoms with E-state index in [1.165, 1.54) is 19.1 Å². The van der Waals surface area contributed by atoms with Crippen LogP contribution in [-0.2, 0) is 0 Å². The van der Waals surface area contributed by atoms with Gasteiger partial charge in [-0.2, -0.15) is 0 Å². The molecule has 1 aromatic rings. The molecular formula is C10H10ClN3O2. The number of hydrogen-bond acceptors (Lipinski definition) is 3. The minimum Gasteiger partial charge on any atom is -0.393 e. The molecule has 0 heterocycles. The van der Waals surface area contributed by atoms with Crippen molar-refractivity contribution in [2.24, 2.45) is 5.11 Å². The second-order valence-corrected chi connectivity index (χ2v) is 3.70. The molecule has 0 aromatic heterocycles. The SMILES string of the molecule is C[C@@H](O)[C@H](N=[N+]=[N-])C(=O)c1ccc(Cl)cc1. The Morgan fingerprint density at radius 1 is 1.50 bits per heavy atom. The van der Waals surface area contributed by atoms with Crippen LogP contribution in [0.2, 0.25) is 5.02 Å². The van der Waals surface area contributed by atoms with E-state index in [2.05, 4.69) is 10.0 Å². The number of nitrogens with zero attached hydrogens (tertiary/aromatic N) is 3. The minimum atomic E-state index is -1.11. The molecule has 0 spiro atoms. The molecule has 0 aliphatic carbocycles. The van der Waals surface area contributed by atoms with Crippen molar-refractivity contribution in [1.82, 2.24) is 0 Å². The molecule has 0 unspecified atom stereocenters. The maximum Gasteiger partial charge on any atom is 0.174 e. The fraction of sp³-hybridized carbons (Fsp3) is 0.300. The first-order valence-corrected chi connectivity index (χ1v) is 4.96. The van der Waals surface area contributed by atoms with E-state index >= 15 is 0 Å². The topological polar surface area (TPSA) is 86.1 Å². The summed E-state index contributed by atoms with van der Waals surface area (Å²) < 4.78 is 0. The first-order chi connectivity index (χ1) is 7.56. The summed E-state index contributed by atoms with van der Waals surface area (Å²) in [5.41, 5.74) is 8.65. The van der Waals surface area contributed by atoms with E-state index in [1.807, 2.05) is 0 Å². The van der Waals surface area contributed by atoms with Crippen molar-refractivity contribution in [2.75, 3.05) is 0 Å². The molecule has 1 N–H and O–H groups in total. The summed E-state index contributed by atoms with van der Waals surface area (Å²) in [6.07, 6.45) is -1.03. The van der Waals surface area contributed by atoms with Crippen molar-refractivity contribution >= 4 is 17.4 Å². The maximum atomic E-state index is 11.8. The lowest BCUT2D eigenvalue weighted by molar-refractivity contribution is 0.0848. The van der Waals surface area contributed by atoms with E-state index in [9.17, 15) is 9.90 Å². The number of aliphatic hydroxyl groups is 1. The van der Waals surface area contributed by atoms with Gasteiger partial charge in [-0.1, -0.05) is 16.7 Å². The molecule has 1 aromatic carbocycles. The van der Waals surface area contributed by atoms with Gasteiger partial charge >= 0.3 is 0 Å². The number of hydrogen-bond donors (Lipinski definition) is 1. The normalized spacial score (nSPS) is 13.7. The number of ketones is 1. The van der Waals surface area contributed by atoms with Crippen LogP contribution >= 0.6 is 11.6 Å². The monoisotopic (exact) mass is 239 g/mol. The summed E-state index contributed by atoms with van der Waals surface area (Å²) in [4.78, 5) is 14.4. The smallest absolute Gasteiger partial charge is 0.174 e. The highest BCUT2D eigenvalue weighted by Crippen LogP contribution is 2.14. The van der Waals surface area contributed by atoms with Crippen molar-refractivity contribution in [3.8, 4) is 0 Å². The average molecular weight is 240 g/mol. The van der Waals surface area contributed by atoms with Gasteiger partial charge in [-0.3, -0.25) is 4.79 Å². The lowest BCUT2D eigenvalue weighted by atomic mass is 10.0. The molecule has 84 valence electrons. The average Bonchev–Trinajstić information content (AvgIpc) is 2.25. The third kappa shape index (κ3) is 2.97. The fourth-order valence-corrected chi connectivity index (χ4v) is 1.33. The van der Waals surface area contributed by atoms with Crippen molar-refractivity contribution in [1.29, 1.82) is 0 Å². The van der Waals surface area contributed by atoms with Crippen molar-refractivity contribution < 1.29 is 9.90 Å². The second-order valence-electron chi connectivity index (χ2n) is 3.26. The van der Waals surface area contributed by atoms with Crippen LogP contribution in [0.1, 0.15) is 17.3 Å². The largest absolute Gasteiger partial charge is 0.393 e. The molecule has 0 fully saturated rings. The number of benzene rings is 1. The summed E-state index contributed by atoms with van der Waals surface area (Å²) in [6.45, 7) is 1.40. The van der Waals surface area contributed by atoms with Crippen LogP contribution in [0.15, 0.2) is 29.4 Å². The van der Waals surface area contributed by atoms with E-state index in [4.69, 9.17) is 17.1 Å². The number of halogens is 1. The van der Waals surface area contributed by atoms with Crippen molar-refractivity contribution in [3.63, 3.8) is 0 Å². The summed E-state index contributed by atoms with van der Waals surface area (Å²) in [6, 6.07) is 5.06. The molecule has 0 bridgehead atoms. The Morgan fingerprint density at radius 2 is 2.06 bits per heavy atom. The van der Waals surface area contributed by atoms with Crippen LogP contribution in [0.3, 0.4) is 0 Å². The Hall–Kier alpha value is -1.55. The Labute approximate surface area is 97.3 Å². The quantitative estimate of drug-likeness (QED) is 0.379. The lowest BCUT2D eigenvalue weighted by Crippen LogP contribution is -2.29. The third-order valence-electron chi connectivity index (χ3n) is 2.03. The Balaban J connectivity index is 2.99. The Kier molecular flexibility index (Phi) is 4.31. The lowest BCUT2D eigenvalue weighted by Gasteiger charge is -2.12. The van der Waals surface area contributed by atoms with Crippen LogP contribution in [-0.4, -0.2) is 23.0 Å². The molecule has 0 amide bonds. The minimum absolute atomic E-state index is 0.350. The van der Waals surface area contributed by atoms with Gasteiger partial charge in [0.15, 0.2) is 5.78 Å². The van der Waals surface area contributed by atoms with Crippen LogP contribution < -0.4 is 0 Å². The molecule has 0 saturated carbocycles. The number of carbonyl (C=O) groups excluding carboxylic acids is 1. The van der Waals surface area contributed by atoms with E-state index < -0.39 is 17.9 Å². The standard InChI is InChI=1S/C10H10ClN3O2/c1-6(15)9(13-14-12)10(16)7-2-4-8(11)5-3-7/h2-6,9,15H,1H3/t6-,9+/m1/s1. The molecule has 0 aliphatic rings. The van der Waals surface area contributed by atoms with Gasteiger partial charge in [-0.05, 0) is 36.7 Å². The molecule has 6 heteroatoms. The van der Waals surface area contributed by atoms with Gasteiger partial charge in [0.25, 0.3) is 0 Å². The first kappa shape index (κ1) is 12.5. The van der Waals surface area contributed by atoms with Gasteiger partial charge < -0.3 is 5.11 Å². The van der Waals surface area contributed by atoms with Crippen molar-refractivity contribution in [3.05, 3.63) is 45.3 Å². The first-order valence-electron chi connectivity index (χ1n) is 4.58. The highest BCUT2D eigenvalue weighted by atomic mass is 35.5. The summed E-state index contributed by atoms with van der Waals surface area (Å²) in [5, 5.41) is 13.1. The molecule has 0 saturated heterocycles. The maximum absolute atomic E-state index is 11.8. The van der Waals surface area contributed by atoms with Gasteiger partial charge in [0, 0.05) is 15.5 Å². The predicted molar refractivity (Wildman–Crippen MR) is 60.4 cm³/mol. The molecule has 0 radical (unpaired) electrons. The fourth-order valence-electron chi connectivity index (χ4n) is 1.21. The van der Waals surface area contributed by atoms with E-state index in [1.54, 1.807) is 12.1 Å². The van der Waals surface area contributed by atoms with Gasteiger partial charge in [-0.25, -0.2) is 0 Å². The molecule has 16 heavy (non-hydrogen) atoms. The highest BCUT2D eigenvalue weighted by Gasteiger charge is 2.23. The second kappa shape index (κ2) is 5.51. The van der Waals surface area contributed by atoms with Crippen LogP contribution in [0.4, 0.5) is 0 Å². The molecular weight excluding hydrogens is 230 g/mol. The van der Waals surface area contributed by atoms with Crippen LogP contribution in [0.5, 0.6) is 0 Å². The van der Waals surface area contributed by atoms with E-state index in [-0.39, 0.29) is 0 Å². The van der Waals surface area contributed by atoms with Crippen LogP contribution in [0, 0.1) is 0 Å². The zero-order chi connectivity index (χ0) is 12.1. The van der Waals surface area contributed by atoms with E-state index in [0.29, 0.717) is 10.6 Å². The van der Waals surface area contributed by atoms with Crippen molar-refractivity contribution in [2.45, 2.75) is 19.1 Å². The zero-order valence-electron chi connectivity index (χ0n) is 8.54. The van der Waals surface area contributed by atoms with Gasteiger partial charge in [-0.15, -0.1) is 0 Å². The number of azide groups is 1. The Morgan fingerprint density at radius 3 is 2.50 bits per heavy atom. The Bertz CT molecular complexity index is 424. The number of carbonyl (C=O) groups is 1. The predicted octanol–water partition coefficient (Wildman–Crippen LogP) is 2.58. The van der Waals surface area contributed by atoms with Gasteiger partial charge in [0.05, 0.1) is 6.10 Å². The summed E-state index contributed by atoms with van der Waals surface area (Å²) in [5.74, 6) is -0.426. The summed E-state index contributed by atoms with van der Waals surface area (Å²) >= 11 is 5.68. The highest BCUT2D eigenvalue weighted by molar-refractivity contribution is 6.30. The number of Topliss-reactive ketones (excluding diaryl/α,β-unsaturated/α-hetero) is 1. The van der Waals surface area contributed by atoms with Crippen LogP contribution in [0.25, 0.3) is 10.4 Å².